The van der Waals surface area contributed by atoms with Gasteiger partial charge in [0.15, 0.2) is 0 Å². The molecule has 1 aromatic rings. The van der Waals surface area contributed by atoms with Crippen molar-refractivity contribution < 1.29 is 5.11 Å². The SMILES string of the molecule is OCCN(CC#Cc1ccccc1)CC1CCCN1. The van der Waals surface area contributed by atoms with Gasteiger partial charge < -0.3 is 10.4 Å². The molecule has 3 heteroatoms. The van der Waals surface area contributed by atoms with Crippen LogP contribution in [0.1, 0.15) is 18.4 Å². The van der Waals surface area contributed by atoms with Gasteiger partial charge in [-0.15, -0.1) is 0 Å². The summed E-state index contributed by atoms with van der Waals surface area (Å²) in [5, 5.41) is 12.6. The largest absolute Gasteiger partial charge is 0.395 e. The van der Waals surface area contributed by atoms with Crippen molar-refractivity contribution in [3.05, 3.63) is 35.9 Å². The van der Waals surface area contributed by atoms with Gasteiger partial charge in [0.25, 0.3) is 0 Å². The fourth-order valence-corrected chi connectivity index (χ4v) is 2.38. The Bertz CT molecular complexity index is 415. The first-order chi connectivity index (χ1) is 9.38. The molecule has 0 spiro atoms. The van der Waals surface area contributed by atoms with E-state index in [1.165, 1.54) is 12.8 Å². The van der Waals surface area contributed by atoms with E-state index in [1.807, 2.05) is 30.3 Å². The lowest BCUT2D eigenvalue weighted by atomic mass is 10.2. The highest BCUT2D eigenvalue weighted by Crippen LogP contribution is 2.06. The van der Waals surface area contributed by atoms with Gasteiger partial charge in [-0.05, 0) is 31.5 Å². The van der Waals surface area contributed by atoms with E-state index in [0.29, 0.717) is 19.1 Å². The number of benzene rings is 1. The van der Waals surface area contributed by atoms with Crippen LogP contribution in [0.2, 0.25) is 0 Å². The highest BCUT2D eigenvalue weighted by molar-refractivity contribution is 5.33. The zero-order valence-corrected chi connectivity index (χ0v) is 11.3. The monoisotopic (exact) mass is 258 g/mol. The van der Waals surface area contributed by atoms with Crippen molar-refractivity contribution in [1.29, 1.82) is 0 Å². The smallest absolute Gasteiger partial charge is 0.0606 e. The van der Waals surface area contributed by atoms with Crippen LogP contribution in [0.5, 0.6) is 0 Å². The summed E-state index contributed by atoms with van der Waals surface area (Å²) in [6.07, 6.45) is 2.49. The molecule has 0 amide bonds. The van der Waals surface area contributed by atoms with E-state index >= 15 is 0 Å². The van der Waals surface area contributed by atoms with Crippen LogP contribution in [-0.4, -0.2) is 48.8 Å². The van der Waals surface area contributed by atoms with Crippen LogP contribution < -0.4 is 5.32 Å². The van der Waals surface area contributed by atoms with E-state index in [9.17, 15) is 0 Å². The summed E-state index contributed by atoms with van der Waals surface area (Å²) in [5.74, 6) is 6.36. The maximum absolute atomic E-state index is 9.12. The highest BCUT2D eigenvalue weighted by atomic mass is 16.3. The molecule has 3 nitrogen and oxygen atoms in total. The minimum Gasteiger partial charge on any atom is -0.395 e. The molecule has 0 bridgehead atoms. The molecule has 2 rings (SSSR count). The van der Waals surface area contributed by atoms with Crippen LogP contribution in [0, 0.1) is 11.8 Å². The van der Waals surface area contributed by atoms with Gasteiger partial charge in [-0.2, -0.15) is 0 Å². The number of hydrogen-bond donors (Lipinski definition) is 2. The molecule has 0 aromatic heterocycles. The zero-order chi connectivity index (χ0) is 13.3. The van der Waals surface area contributed by atoms with Gasteiger partial charge in [-0.3, -0.25) is 4.90 Å². The second-order valence-corrected chi connectivity index (χ2v) is 4.92. The van der Waals surface area contributed by atoms with Gasteiger partial charge in [0.05, 0.1) is 13.2 Å². The van der Waals surface area contributed by atoms with Crippen LogP contribution in [0.4, 0.5) is 0 Å². The molecule has 0 saturated carbocycles. The molecule has 19 heavy (non-hydrogen) atoms. The van der Waals surface area contributed by atoms with Gasteiger partial charge in [-0.25, -0.2) is 0 Å². The number of nitrogens with zero attached hydrogens (tertiary/aromatic N) is 1. The van der Waals surface area contributed by atoms with Crippen LogP contribution in [0.25, 0.3) is 0 Å². The number of hydrogen-bond acceptors (Lipinski definition) is 3. The van der Waals surface area contributed by atoms with E-state index in [0.717, 1.165) is 18.7 Å². The summed E-state index contributed by atoms with van der Waals surface area (Å²) in [5.41, 5.74) is 1.05. The molecule has 1 saturated heterocycles. The van der Waals surface area contributed by atoms with Gasteiger partial charge in [-0.1, -0.05) is 30.0 Å². The number of aliphatic hydroxyl groups is 1. The third-order valence-electron chi connectivity index (χ3n) is 3.37. The summed E-state index contributed by atoms with van der Waals surface area (Å²) in [4.78, 5) is 2.22. The molecule has 1 atom stereocenters. The van der Waals surface area contributed by atoms with Crippen LogP contribution in [0.3, 0.4) is 0 Å². The Balaban J connectivity index is 1.84. The van der Waals surface area contributed by atoms with Gasteiger partial charge in [0, 0.05) is 24.7 Å². The van der Waals surface area contributed by atoms with E-state index in [-0.39, 0.29) is 6.61 Å². The Hall–Kier alpha value is -1.34. The Kier molecular flexibility index (Phi) is 5.90. The zero-order valence-electron chi connectivity index (χ0n) is 11.3. The first-order valence-corrected chi connectivity index (χ1v) is 6.99. The number of aliphatic hydroxyl groups excluding tert-OH is 1. The van der Waals surface area contributed by atoms with Crippen molar-refractivity contribution in [2.24, 2.45) is 0 Å². The molecular weight excluding hydrogens is 236 g/mol. The van der Waals surface area contributed by atoms with Gasteiger partial charge in [0.2, 0.25) is 0 Å². The molecule has 1 aromatic carbocycles. The Labute approximate surface area is 115 Å². The third kappa shape index (κ3) is 5.04. The van der Waals surface area contributed by atoms with Crippen molar-refractivity contribution in [3.63, 3.8) is 0 Å². The van der Waals surface area contributed by atoms with Crippen molar-refractivity contribution in [3.8, 4) is 11.8 Å². The molecule has 0 aliphatic carbocycles. The van der Waals surface area contributed by atoms with E-state index in [1.54, 1.807) is 0 Å². The molecule has 102 valence electrons. The van der Waals surface area contributed by atoms with Gasteiger partial charge >= 0.3 is 0 Å². The fourth-order valence-electron chi connectivity index (χ4n) is 2.38. The quantitative estimate of drug-likeness (QED) is 0.776. The summed E-state index contributed by atoms with van der Waals surface area (Å²) < 4.78 is 0. The summed E-state index contributed by atoms with van der Waals surface area (Å²) in [6, 6.07) is 10.6. The van der Waals surface area contributed by atoms with Gasteiger partial charge in [0.1, 0.15) is 0 Å². The lowest BCUT2D eigenvalue weighted by molar-refractivity contribution is 0.200. The number of rotatable bonds is 5. The fraction of sp³-hybridized carbons (Fsp3) is 0.500. The van der Waals surface area contributed by atoms with E-state index in [2.05, 4.69) is 22.1 Å². The standard InChI is InChI=1S/C16H22N2O/c19-13-12-18(14-16-9-4-10-17-16)11-5-8-15-6-2-1-3-7-15/h1-3,6-7,16-17,19H,4,9-14H2. The minimum atomic E-state index is 0.194. The normalized spacial score (nSPS) is 18.3. The van der Waals surface area contributed by atoms with E-state index in [4.69, 9.17) is 5.11 Å². The second-order valence-electron chi connectivity index (χ2n) is 4.92. The lowest BCUT2D eigenvalue weighted by Gasteiger charge is -2.22. The molecule has 1 unspecified atom stereocenters. The average molecular weight is 258 g/mol. The van der Waals surface area contributed by atoms with Crippen LogP contribution >= 0.6 is 0 Å². The van der Waals surface area contributed by atoms with Crippen molar-refractivity contribution in [2.45, 2.75) is 18.9 Å². The molecule has 2 N–H and O–H groups in total. The Morgan fingerprint density at radius 2 is 2.16 bits per heavy atom. The first kappa shape index (κ1) is 14.1. The Morgan fingerprint density at radius 1 is 1.32 bits per heavy atom. The predicted octanol–water partition coefficient (Wildman–Crippen LogP) is 1.08. The minimum absolute atomic E-state index is 0.194. The first-order valence-electron chi connectivity index (χ1n) is 6.99. The van der Waals surface area contributed by atoms with Crippen LogP contribution in [0.15, 0.2) is 30.3 Å². The molecule has 1 aliphatic rings. The summed E-state index contributed by atoms with van der Waals surface area (Å²) in [7, 11) is 0. The second kappa shape index (κ2) is 7.96. The van der Waals surface area contributed by atoms with Crippen LogP contribution in [-0.2, 0) is 0 Å². The highest BCUT2D eigenvalue weighted by Gasteiger charge is 2.16. The maximum Gasteiger partial charge on any atom is 0.0606 e. The molecule has 1 aliphatic heterocycles. The third-order valence-corrected chi connectivity index (χ3v) is 3.37. The molecular formula is C16H22N2O. The van der Waals surface area contributed by atoms with E-state index < -0.39 is 0 Å². The summed E-state index contributed by atoms with van der Waals surface area (Å²) >= 11 is 0. The van der Waals surface area contributed by atoms with Crippen molar-refractivity contribution in [2.75, 3.05) is 32.8 Å². The lowest BCUT2D eigenvalue weighted by Crippen LogP contribution is -2.39. The summed E-state index contributed by atoms with van der Waals surface area (Å²) in [6.45, 7) is 3.70. The molecule has 1 heterocycles. The maximum atomic E-state index is 9.12. The topological polar surface area (TPSA) is 35.5 Å². The van der Waals surface area contributed by atoms with Crippen molar-refractivity contribution in [1.82, 2.24) is 10.2 Å². The van der Waals surface area contributed by atoms with Crippen molar-refractivity contribution >= 4 is 0 Å². The average Bonchev–Trinajstić information content (AvgIpc) is 2.93. The predicted molar refractivity (Wildman–Crippen MR) is 77.9 cm³/mol. The Morgan fingerprint density at radius 3 is 2.84 bits per heavy atom. The number of nitrogens with one attached hydrogen (secondary N) is 1. The molecule has 0 radical (unpaired) electrons. The molecule has 1 fully saturated rings.